The van der Waals surface area contributed by atoms with Crippen molar-refractivity contribution in [3.63, 3.8) is 0 Å². The summed E-state index contributed by atoms with van der Waals surface area (Å²) in [5, 5.41) is 0. The number of carbonyl (C=O) groups is 1. The number of allylic oxidation sites excluding steroid dienone is 1. The monoisotopic (exact) mass is 454 g/mol. The molecular formula is C25H30N2O4S. The van der Waals surface area contributed by atoms with Gasteiger partial charge in [-0.2, -0.15) is 4.99 Å². The van der Waals surface area contributed by atoms with Crippen molar-refractivity contribution < 1.29 is 19.0 Å². The highest BCUT2D eigenvalue weighted by molar-refractivity contribution is 7.16. The summed E-state index contributed by atoms with van der Waals surface area (Å²) in [5.74, 6) is 1.08. The van der Waals surface area contributed by atoms with E-state index in [0.29, 0.717) is 54.0 Å². The first-order valence-electron chi connectivity index (χ1n) is 10.8. The van der Waals surface area contributed by atoms with Crippen LogP contribution in [0.15, 0.2) is 41.9 Å². The molecule has 0 N–H and O–H groups in total. The first-order valence-corrected chi connectivity index (χ1v) is 11.6. The van der Waals surface area contributed by atoms with Crippen molar-refractivity contribution in [2.75, 3.05) is 19.8 Å². The van der Waals surface area contributed by atoms with E-state index in [1.807, 2.05) is 31.4 Å². The SMILES string of the molecule is C=CCn1c(=NC(=O)c2cc(OCC)c(OCC)c(OCC)c2)sc2cc(C)c(C)cc21. The van der Waals surface area contributed by atoms with Crippen LogP contribution >= 0.6 is 11.3 Å². The fraction of sp³-hybridized carbons (Fsp3) is 0.360. The third-order valence-corrected chi connectivity index (χ3v) is 6.00. The van der Waals surface area contributed by atoms with Crippen LogP contribution in [-0.2, 0) is 6.54 Å². The van der Waals surface area contributed by atoms with Crippen molar-refractivity contribution in [1.29, 1.82) is 0 Å². The lowest BCUT2D eigenvalue weighted by Gasteiger charge is -2.16. The van der Waals surface area contributed by atoms with Crippen molar-refractivity contribution in [1.82, 2.24) is 4.57 Å². The zero-order valence-electron chi connectivity index (χ0n) is 19.4. The molecule has 1 heterocycles. The lowest BCUT2D eigenvalue weighted by atomic mass is 10.1. The molecule has 0 aliphatic heterocycles. The summed E-state index contributed by atoms with van der Waals surface area (Å²) in [7, 11) is 0. The third kappa shape index (κ3) is 4.88. The van der Waals surface area contributed by atoms with E-state index in [0.717, 1.165) is 10.2 Å². The summed E-state index contributed by atoms with van der Waals surface area (Å²) in [6.45, 7) is 15.6. The summed E-state index contributed by atoms with van der Waals surface area (Å²) < 4.78 is 20.3. The number of benzene rings is 2. The highest BCUT2D eigenvalue weighted by atomic mass is 32.1. The Morgan fingerprint density at radius 1 is 1.00 bits per heavy atom. The molecule has 0 fully saturated rings. The molecule has 0 spiro atoms. The fourth-order valence-corrected chi connectivity index (χ4v) is 4.49. The largest absolute Gasteiger partial charge is 0.490 e. The van der Waals surface area contributed by atoms with E-state index in [2.05, 4.69) is 37.6 Å². The topological polar surface area (TPSA) is 62.1 Å². The van der Waals surface area contributed by atoms with Crippen LogP contribution in [0.5, 0.6) is 17.2 Å². The second-order valence-electron chi connectivity index (χ2n) is 7.21. The van der Waals surface area contributed by atoms with Gasteiger partial charge in [0.05, 0.1) is 30.0 Å². The molecule has 0 saturated carbocycles. The maximum atomic E-state index is 13.2. The summed E-state index contributed by atoms with van der Waals surface area (Å²) >= 11 is 1.49. The second-order valence-corrected chi connectivity index (χ2v) is 8.21. The molecule has 3 rings (SSSR count). The number of amides is 1. The zero-order chi connectivity index (χ0) is 23.3. The zero-order valence-corrected chi connectivity index (χ0v) is 20.2. The van der Waals surface area contributed by atoms with Crippen molar-refractivity contribution in [3.8, 4) is 17.2 Å². The van der Waals surface area contributed by atoms with Gasteiger partial charge in [0.15, 0.2) is 16.3 Å². The Hall–Kier alpha value is -3.06. The molecule has 170 valence electrons. The molecule has 3 aromatic rings. The summed E-state index contributed by atoms with van der Waals surface area (Å²) in [5.41, 5.74) is 3.83. The fourth-order valence-electron chi connectivity index (χ4n) is 3.38. The van der Waals surface area contributed by atoms with Crippen molar-refractivity contribution in [3.05, 3.63) is 58.4 Å². The molecule has 32 heavy (non-hydrogen) atoms. The van der Waals surface area contributed by atoms with E-state index in [4.69, 9.17) is 14.2 Å². The smallest absolute Gasteiger partial charge is 0.279 e. The number of aromatic nitrogens is 1. The number of ether oxygens (including phenoxy) is 3. The number of carbonyl (C=O) groups excluding carboxylic acids is 1. The summed E-state index contributed by atoms with van der Waals surface area (Å²) in [6, 6.07) is 7.60. The van der Waals surface area contributed by atoms with Crippen LogP contribution in [0.3, 0.4) is 0 Å². The minimum absolute atomic E-state index is 0.368. The minimum atomic E-state index is -0.368. The Labute approximate surface area is 192 Å². The third-order valence-electron chi connectivity index (χ3n) is 4.96. The van der Waals surface area contributed by atoms with E-state index in [1.165, 1.54) is 22.5 Å². The van der Waals surface area contributed by atoms with Crippen LogP contribution in [-0.4, -0.2) is 30.3 Å². The molecule has 7 heteroatoms. The molecule has 0 radical (unpaired) electrons. The Balaban J connectivity index is 2.15. The van der Waals surface area contributed by atoms with Gasteiger partial charge in [-0.25, -0.2) is 0 Å². The number of hydrogen-bond acceptors (Lipinski definition) is 5. The van der Waals surface area contributed by atoms with Crippen LogP contribution in [0, 0.1) is 13.8 Å². The highest BCUT2D eigenvalue weighted by Gasteiger charge is 2.19. The predicted molar refractivity (Wildman–Crippen MR) is 129 cm³/mol. The number of nitrogens with zero attached hydrogens (tertiary/aromatic N) is 2. The van der Waals surface area contributed by atoms with E-state index in [1.54, 1.807) is 12.1 Å². The van der Waals surface area contributed by atoms with Gasteiger partial charge in [-0.05, 0) is 70.0 Å². The highest BCUT2D eigenvalue weighted by Crippen LogP contribution is 2.39. The van der Waals surface area contributed by atoms with Crippen molar-refractivity contribution >= 4 is 27.5 Å². The molecule has 0 bridgehead atoms. The van der Waals surface area contributed by atoms with Crippen molar-refractivity contribution in [2.45, 2.75) is 41.2 Å². The van der Waals surface area contributed by atoms with E-state index < -0.39 is 0 Å². The second kappa shape index (κ2) is 10.5. The molecule has 6 nitrogen and oxygen atoms in total. The van der Waals surface area contributed by atoms with E-state index in [-0.39, 0.29) is 5.91 Å². The normalized spacial score (nSPS) is 11.6. The van der Waals surface area contributed by atoms with Gasteiger partial charge in [0.2, 0.25) is 5.75 Å². The molecular weight excluding hydrogens is 424 g/mol. The van der Waals surface area contributed by atoms with Crippen LogP contribution in [0.2, 0.25) is 0 Å². The molecule has 0 aliphatic carbocycles. The van der Waals surface area contributed by atoms with E-state index in [9.17, 15) is 4.79 Å². The predicted octanol–water partition coefficient (Wildman–Crippen LogP) is 5.44. The van der Waals surface area contributed by atoms with Gasteiger partial charge < -0.3 is 18.8 Å². The van der Waals surface area contributed by atoms with Gasteiger partial charge in [-0.15, -0.1) is 6.58 Å². The Kier molecular flexibility index (Phi) is 7.75. The Morgan fingerprint density at radius 2 is 1.59 bits per heavy atom. The number of hydrogen-bond donors (Lipinski definition) is 0. The van der Waals surface area contributed by atoms with Crippen LogP contribution < -0.4 is 19.0 Å². The average Bonchev–Trinajstić information content (AvgIpc) is 3.07. The average molecular weight is 455 g/mol. The Bertz CT molecular complexity index is 1180. The van der Waals surface area contributed by atoms with Gasteiger partial charge >= 0.3 is 0 Å². The number of fused-ring (bicyclic) bond motifs is 1. The standard InChI is InChI=1S/C25H30N2O4S/c1-7-11-27-19-12-16(5)17(6)13-22(19)32-25(27)26-24(28)18-14-20(29-8-2)23(31-10-4)21(15-18)30-9-3/h7,12-15H,1,8-11H2,2-6H3. The molecule has 0 saturated heterocycles. The van der Waals surface area contributed by atoms with Gasteiger partial charge in [-0.3, -0.25) is 4.79 Å². The van der Waals surface area contributed by atoms with Crippen LogP contribution in [0.4, 0.5) is 0 Å². The summed E-state index contributed by atoms with van der Waals surface area (Å²) in [6.07, 6.45) is 1.81. The van der Waals surface area contributed by atoms with Gasteiger partial charge in [0.1, 0.15) is 0 Å². The lowest BCUT2D eigenvalue weighted by molar-refractivity contribution is 0.0996. The number of aryl methyl sites for hydroxylation is 2. The maximum Gasteiger partial charge on any atom is 0.279 e. The quantitative estimate of drug-likeness (QED) is 0.404. The van der Waals surface area contributed by atoms with E-state index >= 15 is 0 Å². The molecule has 1 amide bonds. The molecule has 2 aromatic carbocycles. The minimum Gasteiger partial charge on any atom is -0.490 e. The van der Waals surface area contributed by atoms with Crippen molar-refractivity contribution in [2.24, 2.45) is 4.99 Å². The maximum absolute atomic E-state index is 13.2. The first kappa shape index (κ1) is 23.6. The van der Waals surface area contributed by atoms with Gasteiger partial charge in [-0.1, -0.05) is 17.4 Å². The van der Waals surface area contributed by atoms with Crippen LogP contribution in [0.25, 0.3) is 10.2 Å². The lowest BCUT2D eigenvalue weighted by Crippen LogP contribution is -2.16. The summed E-state index contributed by atoms with van der Waals surface area (Å²) in [4.78, 5) is 18.3. The number of rotatable bonds is 9. The Morgan fingerprint density at radius 3 is 2.16 bits per heavy atom. The van der Waals surface area contributed by atoms with Crippen LogP contribution in [0.1, 0.15) is 42.3 Å². The number of thiazole rings is 1. The molecule has 0 aliphatic rings. The molecule has 1 aromatic heterocycles. The first-order chi connectivity index (χ1) is 15.4. The van der Waals surface area contributed by atoms with Gasteiger partial charge in [0, 0.05) is 12.1 Å². The van der Waals surface area contributed by atoms with Gasteiger partial charge in [0.25, 0.3) is 5.91 Å². The molecule has 0 atom stereocenters. The molecule has 0 unspecified atom stereocenters.